The lowest BCUT2D eigenvalue weighted by Crippen LogP contribution is -2.45. The van der Waals surface area contributed by atoms with Crippen molar-refractivity contribution in [2.45, 2.75) is 50.9 Å². The van der Waals surface area contributed by atoms with Gasteiger partial charge in [-0.3, -0.25) is 4.79 Å². The van der Waals surface area contributed by atoms with E-state index in [1.54, 1.807) is 12.1 Å². The molecule has 2 aromatic carbocycles. The number of rotatable bonds is 2. The van der Waals surface area contributed by atoms with Crippen molar-refractivity contribution < 1.29 is 29.2 Å². The fourth-order valence-corrected chi connectivity index (χ4v) is 4.45. The number of aliphatic hydroxyl groups is 2. The van der Waals surface area contributed by atoms with Crippen LogP contribution in [0.5, 0.6) is 17.2 Å². The molecule has 6 heteroatoms. The third-order valence-electron chi connectivity index (χ3n) is 6.44. The van der Waals surface area contributed by atoms with Crippen LogP contribution in [0.15, 0.2) is 24.3 Å². The van der Waals surface area contributed by atoms with E-state index in [4.69, 9.17) is 14.2 Å². The summed E-state index contributed by atoms with van der Waals surface area (Å²) in [6, 6.07) is 7.50. The van der Waals surface area contributed by atoms with Crippen molar-refractivity contribution in [3.05, 3.63) is 52.1 Å². The Morgan fingerprint density at radius 3 is 2.66 bits per heavy atom. The molecule has 152 valence electrons. The molecule has 5 rings (SSSR count). The van der Waals surface area contributed by atoms with Crippen molar-refractivity contribution in [3.8, 4) is 17.2 Å². The lowest BCUT2D eigenvalue weighted by molar-refractivity contribution is -0.0729. The molecular weight excluding hydrogens is 372 g/mol. The van der Waals surface area contributed by atoms with Crippen molar-refractivity contribution in [1.29, 1.82) is 0 Å². The normalized spacial score (nSPS) is 26.1. The van der Waals surface area contributed by atoms with E-state index in [-0.39, 0.29) is 5.78 Å². The Balaban J connectivity index is 1.56. The Bertz CT molecular complexity index is 1020. The third kappa shape index (κ3) is 2.66. The zero-order chi connectivity index (χ0) is 20.5. The Hall–Kier alpha value is -2.57. The summed E-state index contributed by atoms with van der Waals surface area (Å²) in [5.41, 5.74) is 3.03. The number of ether oxygens (including phenoxy) is 3. The summed E-state index contributed by atoms with van der Waals surface area (Å²) in [4.78, 5) is 13.5. The van der Waals surface area contributed by atoms with Crippen molar-refractivity contribution in [1.82, 2.24) is 0 Å². The second-order valence-electron chi connectivity index (χ2n) is 8.53. The van der Waals surface area contributed by atoms with Crippen LogP contribution in [0.1, 0.15) is 45.5 Å². The van der Waals surface area contributed by atoms with E-state index in [9.17, 15) is 15.0 Å². The molecule has 0 aliphatic carbocycles. The van der Waals surface area contributed by atoms with Gasteiger partial charge in [0.15, 0.2) is 5.78 Å². The van der Waals surface area contributed by atoms with Gasteiger partial charge in [0.2, 0.25) is 0 Å². The van der Waals surface area contributed by atoms with Crippen LogP contribution < -0.4 is 14.2 Å². The molecule has 29 heavy (non-hydrogen) atoms. The van der Waals surface area contributed by atoms with Crippen LogP contribution in [0.4, 0.5) is 0 Å². The van der Waals surface area contributed by atoms with Crippen LogP contribution in [0, 0.1) is 13.8 Å². The number of carbonyl (C=O) groups excluding carboxylic acids is 1. The summed E-state index contributed by atoms with van der Waals surface area (Å²) in [5.74, 6) is 1.46. The molecule has 0 saturated heterocycles. The maximum Gasteiger partial charge on any atom is 0.178 e. The molecule has 3 aliphatic rings. The van der Waals surface area contributed by atoms with Gasteiger partial charge in [0.05, 0.1) is 18.1 Å². The summed E-state index contributed by atoms with van der Waals surface area (Å²) in [5, 5.41) is 19.9. The number of ketones is 1. The van der Waals surface area contributed by atoms with Crippen molar-refractivity contribution in [2.24, 2.45) is 0 Å². The molecule has 2 N–H and O–H groups in total. The fourth-order valence-electron chi connectivity index (χ4n) is 4.45. The molecule has 3 aliphatic heterocycles. The van der Waals surface area contributed by atoms with Gasteiger partial charge >= 0.3 is 0 Å². The van der Waals surface area contributed by atoms with E-state index < -0.39 is 30.3 Å². The molecule has 2 aromatic rings. The van der Waals surface area contributed by atoms with Gasteiger partial charge < -0.3 is 24.4 Å². The minimum absolute atomic E-state index is 0.0178. The average Bonchev–Trinajstić information content (AvgIpc) is 3.15. The van der Waals surface area contributed by atoms with Crippen molar-refractivity contribution >= 4 is 5.78 Å². The first-order valence-electron chi connectivity index (χ1n) is 9.90. The van der Waals surface area contributed by atoms with E-state index in [1.165, 1.54) is 6.92 Å². The van der Waals surface area contributed by atoms with E-state index in [0.29, 0.717) is 30.1 Å². The maximum atomic E-state index is 13.5. The highest BCUT2D eigenvalue weighted by Crippen LogP contribution is 2.48. The predicted molar refractivity (Wildman–Crippen MR) is 105 cm³/mol. The van der Waals surface area contributed by atoms with Crippen LogP contribution in [-0.4, -0.2) is 47.0 Å². The summed E-state index contributed by atoms with van der Waals surface area (Å²) >= 11 is 0. The molecule has 0 amide bonds. The van der Waals surface area contributed by atoms with E-state index in [0.717, 1.165) is 28.0 Å². The van der Waals surface area contributed by atoms with Gasteiger partial charge in [-0.25, -0.2) is 0 Å². The number of benzene rings is 2. The van der Waals surface area contributed by atoms with E-state index in [1.807, 2.05) is 26.0 Å². The molecule has 0 saturated carbocycles. The monoisotopic (exact) mass is 396 g/mol. The first-order valence-corrected chi connectivity index (χ1v) is 9.90. The van der Waals surface area contributed by atoms with Gasteiger partial charge in [-0.1, -0.05) is 6.07 Å². The number of aliphatic hydroxyl groups excluding tert-OH is 1. The summed E-state index contributed by atoms with van der Waals surface area (Å²) in [7, 11) is 0. The Morgan fingerprint density at radius 2 is 1.90 bits per heavy atom. The smallest absolute Gasteiger partial charge is 0.178 e. The molecule has 0 bridgehead atoms. The Kier molecular flexibility index (Phi) is 3.95. The van der Waals surface area contributed by atoms with E-state index >= 15 is 0 Å². The molecule has 0 fully saturated rings. The minimum Gasteiger partial charge on any atom is -0.489 e. The fraction of sp³-hybridized carbons (Fsp3) is 0.435. The second-order valence-corrected chi connectivity index (χ2v) is 8.53. The number of fused-ring (bicyclic) bond motifs is 6. The van der Waals surface area contributed by atoms with Crippen LogP contribution >= 0.6 is 0 Å². The van der Waals surface area contributed by atoms with E-state index in [2.05, 4.69) is 0 Å². The predicted octanol–water partition coefficient (Wildman–Crippen LogP) is 2.47. The summed E-state index contributed by atoms with van der Waals surface area (Å²) in [6.07, 6.45) is -0.639. The molecule has 6 nitrogen and oxygen atoms in total. The molecule has 1 unspecified atom stereocenters. The first-order chi connectivity index (χ1) is 13.8. The number of Topliss-reactive ketones (excluding diaryl/α,β-unsaturated/α-hetero) is 1. The quantitative estimate of drug-likeness (QED) is 0.811. The summed E-state index contributed by atoms with van der Waals surface area (Å²) in [6.45, 7) is 5.48. The molecule has 3 heterocycles. The second kappa shape index (κ2) is 6.21. The lowest BCUT2D eigenvalue weighted by Gasteiger charge is -2.37. The Morgan fingerprint density at radius 1 is 1.14 bits per heavy atom. The number of carbonyl (C=O) groups is 1. The molecule has 0 aromatic heterocycles. The molecule has 0 radical (unpaired) electrons. The minimum atomic E-state index is -1.38. The number of hydrogen-bond acceptors (Lipinski definition) is 6. The SMILES string of the molecule is Cc1cc2c(cc1C)[C@@H]1C(=O)c3ccc4c(c3O[C@@H]1CO2)C[C@H](C(C)(O)CO)O4. The highest BCUT2D eigenvalue weighted by atomic mass is 16.5. The van der Waals surface area contributed by atoms with Crippen LogP contribution in [0.2, 0.25) is 0 Å². The molecule has 4 atom stereocenters. The Labute approximate surface area is 169 Å². The van der Waals surface area contributed by atoms with Crippen LogP contribution in [-0.2, 0) is 6.42 Å². The third-order valence-corrected chi connectivity index (χ3v) is 6.44. The highest BCUT2D eigenvalue weighted by molar-refractivity contribution is 6.05. The van der Waals surface area contributed by atoms with Crippen LogP contribution in [0.25, 0.3) is 0 Å². The van der Waals surface area contributed by atoms with Crippen molar-refractivity contribution in [2.75, 3.05) is 13.2 Å². The van der Waals surface area contributed by atoms with Gasteiger partial charge in [-0.05, 0) is 50.1 Å². The highest BCUT2D eigenvalue weighted by Gasteiger charge is 2.46. The number of aryl methyl sites for hydroxylation is 2. The average molecular weight is 396 g/mol. The van der Waals surface area contributed by atoms with Gasteiger partial charge in [0.25, 0.3) is 0 Å². The zero-order valence-corrected chi connectivity index (χ0v) is 16.7. The van der Waals surface area contributed by atoms with Gasteiger partial charge in [-0.2, -0.15) is 0 Å². The standard InChI is InChI=1S/C23H24O6/c1-11-6-14-17(7-12(11)2)27-9-18-20(14)21(25)13-4-5-16-15(22(13)29-18)8-19(28-16)23(3,26)10-24/h4-7,18-20,24,26H,8-10H2,1-3H3/t18-,19-,20+,23?/m1/s1. The molecule has 0 spiro atoms. The molecular formula is C23H24O6. The maximum absolute atomic E-state index is 13.5. The topological polar surface area (TPSA) is 85.2 Å². The first kappa shape index (κ1) is 18.5. The summed E-state index contributed by atoms with van der Waals surface area (Å²) < 4.78 is 18.1. The van der Waals surface area contributed by atoms with Gasteiger partial charge in [0, 0.05) is 17.5 Å². The van der Waals surface area contributed by atoms with Gasteiger partial charge in [0.1, 0.15) is 41.7 Å². The van der Waals surface area contributed by atoms with Gasteiger partial charge in [-0.15, -0.1) is 0 Å². The zero-order valence-electron chi connectivity index (χ0n) is 16.7. The number of hydrogen-bond donors (Lipinski definition) is 2. The van der Waals surface area contributed by atoms with Crippen molar-refractivity contribution in [3.63, 3.8) is 0 Å². The lowest BCUT2D eigenvalue weighted by atomic mass is 9.80. The largest absolute Gasteiger partial charge is 0.489 e. The van der Waals surface area contributed by atoms with Crippen LogP contribution in [0.3, 0.4) is 0 Å².